The molecular weight excluding hydrogens is 267 g/mol. The van der Waals surface area contributed by atoms with Crippen molar-refractivity contribution in [2.75, 3.05) is 13.1 Å². The number of hydrogen-bond acceptors (Lipinski definition) is 2. The molecule has 2 N–H and O–H groups in total. The Kier molecular flexibility index (Phi) is 4.99. The summed E-state index contributed by atoms with van der Waals surface area (Å²) < 4.78 is 13.1. The van der Waals surface area contributed by atoms with Crippen LogP contribution in [0.5, 0.6) is 0 Å². The van der Waals surface area contributed by atoms with E-state index in [0.29, 0.717) is 0 Å². The Morgan fingerprint density at radius 3 is 2.52 bits per heavy atom. The van der Waals surface area contributed by atoms with Crippen LogP contribution < -0.4 is 10.6 Å². The molecule has 116 valence electrons. The van der Waals surface area contributed by atoms with Crippen molar-refractivity contribution in [3.63, 3.8) is 0 Å². The maximum Gasteiger partial charge on any atom is 0.224 e. The minimum absolute atomic E-state index is 0.0315. The molecule has 21 heavy (non-hydrogen) atoms. The fourth-order valence-corrected chi connectivity index (χ4v) is 2.79. The summed E-state index contributed by atoms with van der Waals surface area (Å²) in [7, 11) is 0. The van der Waals surface area contributed by atoms with E-state index in [4.69, 9.17) is 0 Å². The smallest absolute Gasteiger partial charge is 0.224 e. The SMILES string of the molecule is CC(C)(C)C(NC(=O)C1CCCNC1)c1ccc(F)cc1. The Balaban J connectivity index is 2.13. The lowest BCUT2D eigenvalue weighted by atomic mass is 9.82. The van der Waals surface area contributed by atoms with E-state index in [-0.39, 0.29) is 29.1 Å². The van der Waals surface area contributed by atoms with Crippen LogP contribution in [0.15, 0.2) is 24.3 Å². The fraction of sp³-hybridized carbons (Fsp3) is 0.588. The largest absolute Gasteiger partial charge is 0.348 e. The standard InChI is InChI=1S/C17H25FN2O/c1-17(2,3)15(12-6-8-14(18)9-7-12)20-16(21)13-5-4-10-19-11-13/h6-9,13,15,19H,4-5,10-11H2,1-3H3,(H,20,21). The second kappa shape index (κ2) is 6.56. The number of halogens is 1. The summed E-state index contributed by atoms with van der Waals surface area (Å²) in [4.78, 5) is 12.5. The van der Waals surface area contributed by atoms with E-state index in [9.17, 15) is 9.18 Å². The summed E-state index contributed by atoms with van der Waals surface area (Å²) in [6.45, 7) is 7.98. The normalized spacial score (nSPS) is 20.9. The second-order valence-corrected chi connectivity index (χ2v) is 6.90. The number of amides is 1. The molecule has 3 nitrogen and oxygen atoms in total. The van der Waals surface area contributed by atoms with Gasteiger partial charge in [-0.2, -0.15) is 0 Å². The van der Waals surface area contributed by atoms with E-state index in [2.05, 4.69) is 31.4 Å². The van der Waals surface area contributed by atoms with Crippen molar-refractivity contribution < 1.29 is 9.18 Å². The van der Waals surface area contributed by atoms with Crippen LogP contribution in [0.3, 0.4) is 0 Å². The Morgan fingerprint density at radius 1 is 1.33 bits per heavy atom. The van der Waals surface area contributed by atoms with E-state index in [0.717, 1.165) is 31.5 Å². The van der Waals surface area contributed by atoms with Gasteiger partial charge >= 0.3 is 0 Å². The molecule has 2 unspecified atom stereocenters. The summed E-state index contributed by atoms with van der Waals surface area (Å²) >= 11 is 0. The topological polar surface area (TPSA) is 41.1 Å². The van der Waals surface area contributed by atoms with Gasteiger partial charge in [0.2, 0.25) is 5.91 Å². The van der Waals surface area contributed by atoms with Crippen LogP contribution in [-0.2, 0) is 4.79 Å². The third-order valence-electron chi connectivity index (χ3n) is 4.02. The van der Waals surface area contributed by atoms with Gasteiger partial charge in [0.1, 0.15) is 5.82 Å². The highest BCUT2D eigenvalue weighted by molar-refractivity contribution is 5.79. The molecule has 2 rings (SSSR count). The zero-order valence-electron chi connectivity index (χ0n) is 13.1. The van der Waals surface area contributed by atoms with Gasteiger partial charge in [-0.1, -0.05) is 32.9 Å². The van der Waals surface area contributed by atoms with Crippen LogP contribution in [0, 0.1) is 17.2 Å². The van der Waals surface area contributed by atoms with Gasteiger partial charge in [0.15, 0.2) is 0 Å². The van der Waals surface area contributed by atoms with Crippen molar-refractivity contribution in [1.29, 1.82) is 0 Å². The van der Waals surface area contributed by atoms with Gasteiger partial charge in [0, 0.05) is 6.54 Å². The lowest BCUT2D eigenvalue weighted by Gasteiger charge is -2.34. The molecule has 1 heterocycles. The molecule has 1 amide bonds. The molecular formula is C17H25FN2O. The predicted octanol–water partition coefficient (Wildman–Crippen LogP) is 3.03. The quantitative estimate of drug-likeness (QED) is 0.899. The minimum atomic E-state index is -0.255. The molecule has 1 aliphatic heterocycles. The Labute approximate surface area is 126 Å². The molecule has 1 aromatic carbocycles. The van der Waals surface area contributed by atoms with Crippen molar-refractivity contribution in [2.45, 2.75) is 39.7 Å². The molecule has 1 saturated heterocycles. The molecule has 0 bridgehead atoms. The van der Waals surface area contributed by atoms with E-state index < -0.39 is 0 Å². The Hall–Kier alpha value is -1.42. The average Bonchev–Trinajstić information content (AvgIpc) is 2.45. The molecule has 0 radical (unpaired) electrons. The zero-order chi connectivity index (χ0) is 15.5. The fourth-order valence-electron chi connectivity index (χ4n) is 2.79. The first-order valence-corrected chi connectivity index (χ1v) is 7.64. The highest BCUT2D eigenvalue weighted by Crippen LogP contribution is 2.33. The van der Waals surface area contributed by atoms with Gasteiger partial charge in [-0.25, -0.2) is 4.39 Å². The maximum absolute atomic E-state index is 13.1. The van der Waals surface area contributed by atoms with E-state index >= 15 is 0 Å². The molecule has 0 saturated carbocycles. The van der Waals surface area contributed by atoms with Gasteiger partial charge < -0.3 is 10.6 Å². The van der Waals surface area contributed by atoms with Gasteiger partial charge in [0.25, 0.3) is 0 Å². The van der Waals surface area contributed by atoms with E-state index in [1.165, 1.54) is 12.1 Å². The first-order valence-electron chi connectivity index (χ1n) is 7.64. The van der Waals surface area contributed by atoms with Crippen LogP contribution in [0.4, 0.5) is 4.39 Å². The zero-order valence-corrected chi connectivity index (χ0v) is 13.1. The molecule has 2 atom stereocenters. The molecule has 0 aliphatic carbocycles. The molecule has 0 spiro atoms. The summed E-state index contributed by atoms with van der Waals surface area (Å²) in [6.07, 6.45) is 1.97. The first kappa shape index (κ1) is 16.0. The molecule has 0 aromatic heterocycles. The van der Waals surface area contributed by atoms with Crippen molar-refractivity contribution in [2.24, 2.45) is 11.3 Å². The van der Waals surface area contributed by atoms with Crippen LogP contribution in [0.2, 0.25) is 0 Å². The van der Waals surface area contributed by atoms with Crippen molar-refractivity contribution >= 4 is 5.91 Å². The number of carbonyl (C=O) groups excluding carboxylic acids is 1. The van der Waals surface area contributed by atoms with Gasteiger partial charge in [-0.15, -0.1) is 0 Å². The monoisotopic (exact) mass is 292 g/mol. The van der Waals surface area contributed by atoms with Crippen LogP contribution >= 0.6 is 0 Å². The van der Waals surface area contributed by atoms with Gasteiger partial charge in [-0.05, 0) is 42.5 Å². The highest BCUT2D eigenvalue weighted by atomic mass is 19.1. The molecule has 1 aromatic rings. The number of nitrogens with one attached hydrogen (secondary N) is 2. The Bertz CT molecular complexity index is 473. The third-order valence-corrected chi connectivity index (χ3v) is 4.02. The van der Waals surface area contributed by atoms with Gasteiger partial charge in [0.05, 0.1) is 12.0 Å². The molecule has 1 fully saturated rings. The second-order valence-electron chi connectivity index (χ2n) is 6.90. The highest BCUT2D eigenvalue weighted by Gasteiger charge is 2.30. The number of hydrogen-bond donors (Lipinski definition) is 2. The van der Waals surface area contributed by atoms with Gasteiger partial charge in [-0.3, -0.25) is 4.79 Å². The predicted molar refractivity (Wildman–Crippen MR) is 82.3 cm³/mol. The third kappa shape index (κ3) is 4.27. The number of carbonyl (C=O) groups is 1. The number of rotatable bonds is 3. The van der Waals surface area contributed by atoms with Crippen molar-refractivity contribution in [3.05, 3.63) is 35.6 Å². The Morgan fingerprint density at radius 2 is 2.00 bits per heavy atom. The van der Waals surface area contributed by atoms with E-state index in [1.807, 2.05) is 0 Å². The number of piperidine rings is 1. The lowest BCUT2D eigenvalue weighted by Crippen LogP contribution is -2.44. The van der Waals surface area contributed by atoms with Crippen molar-refractivity contribution in [3.8, 4) is 0 Å². The van der Waals surface area contributed by atoms with Crippen LogP contribution in [-0.4, -0.2) is 19.0 Å². The molecule has 4 heteroatoms. The number of benzene rings is 1. The maximum atomic E-state index is 13.1. The summed E-state index contributed by atoms with van der Waals surface area (Å²) in [5, 5.41) is 6.43. The minimum Gasteiger partial charge on any atom is -0.348 e. The average molecular weight is 292 g/mol. The summed E-state index contributed by atoms with van der Waals surface area (Å²) in [5.41, 5.74) is 0.816. The van der Waals surface area contributed by atoms with Crippen molar-refractivity contribution in [1.82, 2.24) is 10.6 Å². The van der Waals surface area contributed by atoms with Crippen LogP contribution in [0.25, 0.3) is 0 Å². The van der Waals surface area contributed by atoms with E-state index in [1.54, 1.807) is 12.1 Å². The summed E-state index contributed by atoms with van der Waals surface area (Å²) in [6, 6.07) is 6.28. The lowest BCUT2D eigenvalue weighted by molar-refractivity contribution is -0.127. The summed E-state index contributed by atoms with van der Waals surface area (Å²) in [5.74, 6) is -0.135. The first-order chi connectivity index (χ1) is 9.88. The van der Waals surface area contributed by atoms with Crippen LogP contribution in [0.1, 0.15) is 45.2 Å². The molecule has 1 aliphatic rings.